The van der Waals surface area contributed by atoms with E-state index in [0.29, 0.717) is 0 Å². The van der Waals surface area contributed by atoms with Gasteiger partial charge >= 0.3 is 5.97 Å². The number of nitroso groups, excluding NO2 is 1. The quantitative estimate of drug-likeness (QED) is 0.795. The van der Waals surface area contributed by atoms with E-state index in [0.717, 1.165) is 18.8 Å². The zero-order valence-corrected chi connectivity index (χ0v) is 11.7. The van der Waals surface area contributed by atoms with Gasteiger partial charge in [0, 0.05) is 12.4 Å². The fourth-order valence-electron chi connectivity index (χ4n) is 1.36. The predicted octanol–water partition coefficient (Wildman–Crippen LogP) is 3.75. The third-order valence-electron chi connectivity index (χ3n) is 2.49. The highest BCUT2D eigenvalue weighted by molar-refractivity contribution is 5.86. The Morgan fingerprint density at radius 2 is 2.05 bits per heavy atom. The maximum Gasteiger partial charge on any atom is 0.337 e. The monoisotopic (exact) mass is 266 g/mol. The zero-order valence-electron chi connectivity index (χ0n) is 11.7. The average molecular weight is 266 g/mol. The molecule has 106 valence electrons. The molecular weight excluding hydrogens is 244 g/mol. The van der Waals surface area contributed by atoms with Gasteiger partial charge < -0.3 is 5.11 Å². The fraction of sp³-hybridized carbons (Fsp3) is 0.571. The molecule has 19 heavy (non-hydrogen) atoms. The van der Waals surface area contributed by atoms with Gasteiger partial charge in [0.2, 0.25) is 0 Å². The summed E-state index contributed by atoms with van der Waals surface area (Å²) >= 11 is 0. The molecule has 5 nitrogen and oxygen atoms in total. The molecule has 1 aromatic rings. The Bertz CT molecular complexity index is 366. The topological polar surface area (TPSA) is 79.6 Å². The van der Waals surface area contributed by atoms with E-state index in [1.165, 1.54) is 24.9 Å². The molecule has 0 aliphatic carbocycles. The van der Waals surface area contributed by atoms with Crippen LogP contribution in [-0.4, -0.2) is 22.1 Å². The van der Waals surface area contributed by atoms with Crippen molar-refractivity contribution in [3.63, 3.8) is 0 Å². The number of aromatic carboxylic acids is 1. The first-order valence-electron chi connectivity index (χ1n) is 6.43. The van der Waals surface area contributed by atoms with E-state index >= 15 is 0 Å². The van der Waals surface area contributed by atoms with E-state index in [1.807, 2.05) is 6.92 Å². The van der Waals surface area contributed by atoms with Crippen LogP contribution in [0.1, 0.15) is 50.4 Å². The second kappa shape index (κ2) is 10.2. The Balaban J connectivity index is 0.000000342. The van der Waals surface area contributed by atoms with Crippen LogP contribution in [0.5, 0.6) is 0 Å². The van der Waals surface area contributed by atoms with Crippen LogP contribution in [0.3, 0.4) is 0 Å². The minimum atomic E-state index is -0.942. The van der Waals surface area contributed by atoms with Gasteiger partial charge in [-0.3, -0.25) is 4.98 Å². The molecule has 1 heterocycles. The minimum Gasteiger partial charge on any atom is -0.478 e. The Morgan fingerprint density at radius 1 is 1.37 bits per heavy atom. The summed E-state index contributed by atoms with van der Waals surface area (Å²) in [5, 5.41) is 11.3. The molecule has 0 fully saturated rings. The Hall–Kier alpha value is -1.78. The van der Waals surface area contributed by atoms with Gasteiger partial charge in [-0.25, -0.2) is 4.79 Å². The number of nitrogens with zero attached hydrogens (tertiary/aromatic N) is 2. The average Bonchev–Trinajstić information content (AvgIpc) is 2.39. The van der Waals surface area contributed by atoms with Gasteiger partial charge in [-0.1, -0.05) is 31.9 Å². The molecule has 0 saturated heterocycles. The van der Waals surface area contributed by atoms with Gasteiger partial charge in [0.05, 0.1) is 11.6 Å². The van der Waals surface area contributed by atoms with Gasteiger partial charge in [0.25, 0.3) is 0 Å². The number of hydrogen-bond donors (Lipinski definition) is 1. The number of aromatic nitrogens is 1. The maximum absolute atomic E-state index is 10.2. The summed E-state index contributed by atoms with van der Waals surface area (Å²) in [5.74, 6) is -0.193. The van der Waals surface area contributed by atoms with Crippen molar-refractivity contribution in [3.05, 3.63) is 35.0 Å². The summed E-state index contributed by atoms with van der Waals surface area (Å²) in [5.41, 5.74) is 0.220. The highest BCUT2D eigenvalue weighted by atomic mass is 16.4. The van der Waals surface area contributed by atoms with Crippen molar-refractivity contribution >= 4 is 5.97 Å². The highest BCUT2D eigenvalue weighted by Crippen LogP contribution is 2.09. The molecule has 0 aliphatic rings. The lowest BCUT2D eigenvalue weighted by molar-refractivity contribution is 0.0696. The van der Waals surface area contributed by atoms with Crippen LogP contribution < -0.4 is 0 Å². The van der Waals surface area contributed by atoms with E-state index in [1.54, 1.807) is 6.07 Å². The normalized spacial score (nSPS) is 11.4. The Labute approximate surface area is 114 Å². The highest BCUT2D eigenvalue weighted by Gasteiger charge is 2.00. The Morgan fingerprint density at radius 3 is 2.42 bits per heavy atom. The van der Waals surface area contributed by atoms with Crippen molar-refractivity contribution in [3.8, 4) is 0 Å². The first kappa shape index (κ1) is 17.2. The van der Waals surface area contributed by atoms with E-state index in [2.05, 4.69) is 24.0 Å². The SMILES string of the molecule is CC(C)CCCC(C)N=O.O=C(O)c1cccnc1. The molecule has 0 aliphatic heterocycles. The minimum absolute atomic E-state index is 0.0127. The molecular formula is C14H22N2O3. The maximum atomic E-state index is 10.2. The summed E-state index contributed by atoms with van der Waals surface area (Å²) in [6.07, 6.45) is 6.13. The molecule has 1 atom stereocenters. The molecule has 1 rings (SSSR count). The predicted molar refractivity (Wildman–Crippen MR) is 75.1 cm³/mol. The van der Waals surface area contributed by atoms with Gasteiger partial charge in [-0.15, -0.1) is 0 Å². The first-order valence-corrected chi connectivity index (χ1v) is 6.43. The first-order chi connectivity index (χ1) is 8.97. The van der Waals surface area contributed by atoms with Gasteiger partial charge in [-0.2, -0.15) is 4.91 Å². The zero-order chi connectivity index (χ0) is 14.7. The molecule has 1 unspecified atom stereocenters. The number of carboxylic acid groups (broad SMARTS) is 1. The lowest BCUT2D eigenvalue weighted by atomic mass is 10.0. The largest absolute Gasteiger partial charge is 0.478 e. The van der Waals surface area contributed by atoms with E-state index in [-0.39, 0.29) is 11.6 Å². The Kier molecular flexibility index (Phi) is 9.22. The summed E-state index contributed by atoms with van der Waals surface area (Å²) < 4.78 is 0. The van der Waals surface area contributed by atoms with Gasteiger partial charge in [0.1, 0.15) is 0 Å². The summed E-state index contributed by atoms with van der Waals surface area (Å²) in [6.45, 7) is 6.26. The van der Waals surface area contributed by atoms with Gasteiger partial charge in [-0.05, 0) is 31.4 Å². The number of pyridine rings is 1. The van der Waals surface area contributed by atoms with Crippen LogP contribution in [0.4, 0.5) is 0 Å². The third kappa shape index (κ3) is 9.88. The molecule has 0 spiro atoms. The molecule has 0 aromatic carbocycles. The van der Waals surface area contributed by atoms with Crippen molar-refractivity contribution in [2.24, 2.45) is 11.1 Å². The second-order valence-electron chi connectivity index (χ2n) is 4.83. The van der Waals surface area contributed by atoms with Crippen molar-refractivity contribution < 1.29 is 9.90 Å². The van der Waals surface area contributed by atoms with Crippen LogP contribution in [0.15, 0.2) is 29.7 Å². The lowest BCUT2D eigenvalue weighted by Crippen LogP contribution is -1.97. The summed E-state index contributed by atoms with van der Waals surface area (Å²) in [7, 11) is 0. The molecule has 0 bridgehead atoms. The van der Waals surface area contributed by atoms with Crippen LogP contribution in [-0.2, 0) is 0 Å². The van der Waals surface area contributed by atoms with Crippen molar-refractivity contribution in [2.75, 3.05) is 0 Å². The number of hydrogen-bond acceptors (Lipinski definition) is 4. The van der Waals surface area contributed by atoms with Crippen LogP contribution >= 0.6 is 0 Å². The molecule has 5 heteroatoms. The second-order valence-corrected chi connectivity index (χ2v) is 4.83. The van der Waals surface area contributed by atoms with Crippen LogP contribution in [0.25, 0.3) is 0 Å². The smallest absolute Gasteiger partial charge is 0.337 e. The van der Waals surface area contributed by atoms with E-state index in [4.69, 9.17) is 5.11 Å². The summed E-state index contributed by atoms with van der Waals surface area (Å²) in [4.78, 5) is 23.7. The van der Waals surface area contributed by atoms with Crippen molar-refractivity contribution in [1.29, 1.82) is 0 Å². The van der Waals surface area contributed by atoms with Crippen molar-refractivity contribution in [1.82, 2.24) is 4.98 Å². The van der Waals surface area contributed by atoms with Crippen LogP contribution in [0.2, 0.25) is 0 Å². The van der Waals surface area contributed by atoms with E-state index < -0.39 is 5.97 Å². The van der Waals surface area contributed by atoms with Crippen molar-refractivity contribution in [2.45, 2.75) is 46.1 Å². The number of carboxylic acids is 1. The number of rotatable bonds is 6. The third-order valence-corrected chi connectivity index (χ3v) is 2.49. The molecule has 0 radical (unpaired) electrons. The molecule has 0 saturated carbocycles. The van der Waals surface area contributed by atoms with E-state index in [9.17, 15) is 9.70 Å². The standard InChI is InChI=1S/C8H17NO.C6H5NO2/c1-7(2)5-4-6-8(3)9-10;8-6(9)5-2-1-3-7-4-5/h7-8H,4-6H2,1-3H3;1-4H,(H,8,9). The van der Waals surface area contributed by atoms with Gasteiger partial charge in [0.15, 0.2) is 0 Å². The number of carbonyl (C=O) groups is 1. The molecule has 1 N–H and O–H groups in total. The molecule has 0 amide bonds. The molecule has 1 aromatic heterocycles. The summed E-state index contributed by atoms with van der Waals surface area (Å²) in [6, 6.07) is 3.09. The lowest BCUT2D eigenvalue weighted by Gasteiger charge is -2.04. The fourth-order valence-corrected chi connectivity index (χ4v) is 1.36. The van der Waals surface area contributed by atoms with Crippen LogP contribution in [0, 0.1) is 10.8 Å².